The van der Waals surface area contributed by atoms with Gasteiger partial charge in [0.25, 0.3) is 0 Å². The van der Waals surface area contributed by atoms with E-state index < -0.39 is 257 Å². The molecule has 4 aromatic carbocycles. The molecule has 21 N–H and O–H groups in total. The molecule has 6 aliphatic heterocycles. The summed E-state index contributed by atoms with van der Waals surface area (Å²) in [6.07, 6.45) is -43.5. The van der Waals surface area contributed by atoms with Crippen molar-refractivity contribution >= 4 is 42.1 Å². The van der Waals surface area contributed by atoms with Crippen LogP contribution in [0.1, 0.15) is 34.8 Å². The number of aliphatic carboxylic acids is 1. The van der Waals surface area contributed by atoms with Gasteiger partial charge in [0.2, 0.25) is 37.2 Å². The zero-order valence-corrected chi connectivity index (χ0v) is 54.3. The molecular weight excluding hydrogens is 1420 g/mol. The summed E-state index contributed by atoms with van der Waals surface area (Å²) in [4.78, 5) is 49.1. The first-order valence-corrected chi connectivity index (χ1v) is 32.0. The van der Waals surface area contributed by atoms with E-state index in [1.807, 2.05) is 0 Å². The van der Waals surface area contributed by atoms with Crippen molar-refractivity contribution in [3.63, 3.8) is 0 Å². The number of esters is 3. The van der Waals surface area contributed by atoms with Crippen molar-refractivity contribution in [2.45, 2.75) is 166 Å². The van der Waals surface area contributed by atoms with Crippen LogP contribution in [-0.4, -0.2) is 318 Å². The average molecular weight is 1490 g/mol. The number of aliphatic hydroxyl groups excluding tert-OH is 17. The number of benzene rings is 4. The number of hydrogen-bond acceptors (Lipinski definition) is 38. The number of carbonyl (C=O) groups is 4. The van der Waals surface area contributed by atoms with Gasteiger partial charge < -0.3 is 174 Å². The number of phenolic OH excluding ortho intramolecular Hbond substituents is 3. The van der Waals surface area contributed by atoms with E-state index in [1.165, 1.54) is 60.7 Å². The normalized spacial score (nSPS) is 34.7. The molecule has 0 spiro atoms. The first-order chi connectivity index (χ1) is 49.9. The van der Waals surface area contributed by atoms with E-state index in [1.54, 1.807) is 0 Å². The second kappa shape index (κ2) is 34.2. The molecule has 0 saturated carbocycles. The molecule has 0 radical (unpaired) electrons. The second-order valence-corrected chi connectivity index (χ2v) is 24.6. The Balaban J connectivity index is 0.789. The molecule has 6 heterocycles. The molecule has 0 bridgehead atoms. The van der Waals surface area contributed by atoms with Crippen LogP contribution in [-0.2, 0) is 61.8 Å². The van der Waals surface area contributed by atoms with Crippen molar-refractivity contribution in [2.24, 2.45) is 0 Å². The van der Waals surface area contributed by atoms with Crippen molar-refractivity contribution in [3.8, 4) is 46.0 Å². The highest BCUT2D eigenvalue weighted by Crippen LogP contribution is 2.49. The zero-order valence-electron chi connectivity index (χ0n) is 54.3. The molecule has 26 atom stereocenters. The summed E-state index contributed by atoms with van der Waals surface area (Å²) < 4.78 is 78.7. The van der Waals surface area contributed by atoms with Gasteiger partial charge in [-0.1, -0.05) is 24.3 Å². The summed E-state index contributed by atoms with van der Waals surface area (Å²) in [5.74, 6) is -9.39. The first kappa shape index (κ1) is 78.9. The Kier molecular flexibility index (Phi) is 25.7. The lowest BCUT2D eigenvalue weighted by molar-refractivity contribution is -0.294. The van der Waals surface area contributed by atoms with E-state index >= 15 is 0 Å². The summed E-state index contributed by atoms with van der Waals surface area (Å²) in [5, 5.41) is 223. The molecule has 39 nitrogen and oxygen atoms in total. The van der Waals surface area contributed by atoms with Gasteiger partial charge in [0.05, 0.1) is 18.8 Å². The minimum Gasteiger partial charge on any atom is -0.508 e. The van der Waals surface area contributed by atoms with E-state index in [0.717, 1.165) is 42.5 Å². The third kappa shape index (κ3) is 18.4. The Morgan fingerprint density at radius 1 is 0.419 bits per heavy atom. The van der Waals surface area contributed by atoms with Crippen molar-refractivity contribution in [2.75, 3.05) is 33.0 Å². The molecule has 5 saturated heterocycles. The van der Waals surface area contributed by atoms with Crippen LogP contribution in [0.5, 0.6) is 46.0 Å². The predicted octanol–water partition coefficient (Wildman–Crippen LogP) is -6.64. The van der Waals surface area contributed by atoms with Crippen LogP contribution in [0, 0.1) is 0 Å². The van der Waals surface area contributed by atoms with Gasteiger partial charge >= 0.3 is 23.9 Å². The molecule has 105 heavy (non-hydrogen) atoms. The average Bonchev–Trinajstić information content (AvgIpc) is 0.761. The van der Waals surface area contributed by atoms with Gasteiger partial charge in [-0.2, -0.15) is 0 Å². The van der Waals surface area contributed by atoms with Gasteiger partial charge in [-0.15, -0.1) is 0 Å². The van der Waals surface area contributed by atoms with Gasteiger partial charge in [-0.05, 0) is 65.8 Å². The van der Waals surface area contributed by atoms with Gasteiger partial charge in [-0.3, -0.25) is 9.59 Å². The molecule has 4 aromatic rings. The molecule has 0 amide bonds. The Hall–Kier alpha value is -8.70. The second-order valence-electron chi connectivity index (χ2n) is 24.6. The standard InChI is InChI=1S/C66H76O39/c67-19-36-46(77)51(82)56(87)62(101-36)95-28-7-1-24(2-8-28)5-11-42(73)92-21-38-48(79)53(84)57(88)63(103-38)96-29-9-3-25(4-10-29)6-12-43(74)93-22-39-49(80)54(85)59(90)65(104-39)99-34-14-26(13-33(45(34)76)98-64-58(89)52(83)47(78)37(20-68)102-64)61-35(17-30-31(70)15-27(69)16-32(30)97-61)100-66-60(91)55(86)50(81)40(105-66)23-94-44(75)18-41(71)72/h1-17,36-40,46-70,76-91H,18-23H2,(H,71,72)/b11-5+,12-6+/t36-,37-,38-,39-,40-,46-,47-,48-,49-,50-,51+,52+,53+,54-,55+,56+,57-,58-,59+,60-,61?,62-,63-,64-,65-,66-/m1/s1. The van der Waals surface area contributed by atoms with Gasteiger partial charge in [0.1, 0.15) is 183 Å². The fraction of sp³-hybridized carbons (Fsp3) is 0.485. The summed E-state index contributed by atoms with van der Waals surface area (Å²) in [6.45, 7) is -4.02. The maximum absolute atomic E-state index is 13.2. The molecule has 0 aliphatic carbocycles. The minimum absolute atomic E-state index is 0.0279. The Labute approximate surface area is 591 Å². The number of ether oxygens (including phenoxy) is 14. The van der Waals surface area contributed by atoms with Gasteiger partial charge in [0.15, 0.2) is 17.6 Å². The van der Waals surface area contributed by atoms with Crippen LogP contribution in [0.15, 0.2) is 90.7 Å². The van der Waals surface area contributed by atoms with Crippen molar-refractivity contribution in [3.05, 3.63) is 113 Å². The number of carboxylic acid groups (broad SMARTS) is 1. The van der Waals surface area contributed by atoms with Crippen LogP contribution in [0.3, 0.4) is 0 Å². The lowest BCUT2D eigenvalue weighted by Gasteiger charge is -2.41. The molecule has 6 aliphatic rings. The summed E-state index contributed by atoms with van der Waals surface area (Å²) in [7, 11) is 0. The molecule has 5 fully saturated rings. The van der Waals surface area contributed by atoms with E-state index in [0.29, 0.717) is 11.1 Å². The minimum atomic E-state index is -2.23. The molecule has 0 aromatic heterocycles. The number of rotatable bonds is 25. The highest BCUT2D eigenvalue weighted by Gasteiger charge is 2.51. The summed E-state index contributed by atoms with van der Waals surface area (Å²) >= 11 is 0. The highest BCUT2D eigenvalue weighted by atomic mass is 16.7. The Morgan fingerprint density at radius 3 is 1.17 bits per heavy atom. The van der Waals surface area contributed by atoms with E-state index in [9.17, 15) is 121 Å². The fourth-order valence-corrected chi connectivity index (χ4v) is 11.4. The summed E-state index contributed by atoms with van der Waals surface area (Å²) in [5.41, 5.74) is 0.233. The number of carboxylic acids is 1. The smallest absolute Gasteiger partial charge is 0.330 e. The van der Waals surface area contributed by atoms with Crippen LogP contribution in [0.25, 0.3) is 18.2 Å². The lowest BCUT2D eigenvalue weighted by atomic mass is 9.98. The number of fused-ring (bicyclic) bond motifs is 1. The number of hydrogen-bond donors (Lipinski definition) is 21. The highest BCUT2D eigenvalue weighted by molar-refractivity contribution is 5.90. The third-order valence-electron chi connectivity index (χ3n) is 17.3. The van der Waals surface area contributed by atoms with E-state index in [2.05, 4.69) is 0 Å². The van der Waals surface area contributed by atoms with E-state index in [4.69, 9.17) is 71.4 Å². The van der Waals surface area contributed by atoms with Crippen LogP contribution in [0.2, 0.25) is 0 Å². The molecular formula is C66H76O39. The van der Waals surface area contributed by atoms with Crippen LogP contribution < -0.4 is 23.7 Å². The van der Waals surface area contributed by atoms with Crippen molar-refractivity contribution in [1.29, 1.82) is 0 Å². The van der Waals surface area contributed by atoms with Crippen LogP contribution in [0.4, 0.5) is 0 Å². The number of aromatic hydroxyl groups is 3. The topological polar surface area (TPSA) is 622 Å². The maximum Gasteiger partial charge on any atom is 0.330 e. The van der Waals surface area contributed by atoms with Crippen molar-refractivity contribution < 1.29 is 193 Å². The largest absolute Gasteiger partial charge is 0.508 e. The lowest BCUT2D eigenvalue weighted by Crippen LogP contribution is -2.60. The third-order valence-corrected chi connectivity index (χ3v) is 17.3. The Bertz CT molecular complexity index is 3740. The fourth-order valence-electron chi connectivity index (χ4n) is 11.4. The SMILES string of the molecule is O=C(O)CC(=O)OC[C@H]1O[C@@H](OC2=Cc3c(O)cc(O)cc3OC2c2cc(O[C@@H]3O[C@H](COC(=O)/C=C/c4ccc(O[C@@H]5O[C@H](COC(=O)/C=C/c6ccc(O[C@@H]7O[C@H](CO)[C@@H](O)[C@H](O)[C@@H]7O)cc6)[C@@H](O)[C@H](O)[C@H]5O)cc4)[C@@H](O)[C@@H](O)[C@@H]3O)c(O)c(O[C@@H]3O[C@H](CO)[C@@H](O)[C@H](O)[C@H]3O)c2)[C@H](O)[C@@H](O)[C@@H]1O. The molecule has 39 heteroatoms. The number of carbonyl (C=O) groups excluding carboxylic acids is 3. The van der Waals surface area contributed by atoms with Crippen LogP contribution >= 0.6 is 0 Å². The predicted molar refractivity (Wildman–Crippen MR) is 336 cm³/mol. The van der Waals surface area contributed by atoms with Crippen molar-refractivity contribution in [1.82, 2.24) is 0 Å². The first-order valence-electron chi connectivity index (χ1n) is 32.0. The maximum atomic E-state index is 13.2. The Morgan fingerprint density at radius 2 is 0.781 bits per heavy atom. The number of aliphatic hydroxyl groups is 17. The molecule has 10 rings (SSSR count). The molecule has 1 unspecified atom stereocenters. The number of phenols is 3. The zero-order chi connectivity index (χ0) is 76.0. The quantitative estimate of drug-likeness (QED) is 0.0127. The molecule has 574 valence electrons. The van der Waals surface area contributed by atoms with Gasteiger partial charge in [0, 0.05) is 29.8 Å². The van der Waals surface area contributed by atoms with Gasteiger partial charge in [-0.25, -0.2) is 9.59 Å². The monoisotopic (exact) mass is 1490 g/mol. The van der Waals surface area contributed by atoms with E-state index in [-0.39, 0.29) is 28.4 Å². The summed E-state index contributed by atoms with van der Waals surface area (Å²) in [6, 6.07) is 15.2.